The summed E-state index contributed by atoms with van der Waals surface area (Å²) in [4.78, 5) is 16.8. The highest BCUT2D eigenvalue weighted by Gasteiger charge is 2.14. The number of thiazole rings is 1. The smallest absolute Gasteiger partial charge is 0.279 e. The Kier molecular flexibility index (Phi) is 5.38. The third-order valence-corrected chi connectivity index (χ3v) is 4.64. The van der Waals surface area contributed by atoms with Crippen molar-refractivity contribution in [2.45, 2.75) is 26.5 Å². The molecule has 3 aromatic rings. The number of halogens is 2. The van der Waals surface area contributed by atoms with Gasteiger partial charge in [-0.3, -0.25) is 4.79 Å². The number of rotatable bonds is 4. The first-order valence-corrected chi connectivity index (χ1v) is 8.98. The highest BCUT2D eigenvalue weighted by atomic mass is 32.1. The van der Waals surface area contributed by atoms with E-state index in [2.05, 4.69) is 10.9 Å². The van der Waals surface area contributed by atoms with E-state index in [4.69, 9.17) is 11.2 Å². The Bertz CT molecular complexity index is 1110. The third-order valence-electron chi connectivity index (χ3n) is 3.61. The normalized spacial score (nSPS) is 11.8. The van der Waals surface area contributed by atoms with Gasteiger partial charge >= 0.3 is 0 Å². The summed E-state index contributed by atoms with van der Waals surface area (Å²) in [5, 5.41) is 0. The molecule has 0 saturated carbocycles. The largest absolute Gasteiger partial charge is 0.491 e. The Morgan fingerprint density at radius 3 is 2.63 bits per heavy atom. The number of hydrogen-bond acceptors (Lipinski definition) is 3. The predicted molar refractivity (Wildman–Crippen MR) is 101 cm³/mol. The Labute approximate surface area is 158 Å². The Morgan fingerprint density at radius 1 is 1.30 bits per heavy atom. The first-order valence-electron chi connectivity index (χ1n) is 8.16. The van der Waals surface area contributed by atoms with E-state index < -0.39 is 17.5 Å². The number of ether oxygens (including phenoxy) is 1. The molecule has 0 aliphatic carbocycles. The summed E-state index contributed by atoms with van der Waals surface area (Å²) in [5.41, 5.74) is 0.481. The summed E-state index contributed by atoms with van der Waals surface area (Å²) < 4.78 is 34.9. The van der Waals surface area contributed by atoms with Gasteiger partial charge in [-0.05, 0) is 44.2 Å². The van der Waals surface area contributed by atoms with Crippen LogP contribution in [0.15, 0.2) is 41.4 Å². The van der Waals surface area contributed by atoms with E-state index in [-0.39, 0.29) is 23.0 Å². The lowest BCUT2D eigenvalue weighted by atomic mass is 10.2. The van der Waals surface area contributed by atoms with Gasteiger partial charge in [0.15, 0.2) is 10.6 Å². The molecular weight excluding hydrogens is 370 g/mol. The fourth-order valence-electron chi connectivity index (χ4n) is 2.55. The van der Waals surface area contributed by atoms with Crippen LogP contribution in [-0.4, -0.2) is 16.6 Å². The van der Waals surface area contributed by atoms with E-state index in [1.54, 1.807) is 24.3 Å². The number of benzene rings is 2. The number of hydrogen-bond donors (Lipinski definition) is 0. The van der Waals surface area contributed by atoms with Gasteiger partial charge in [-0.2, -0.15) is 4.99 Å². The molecule has 4 nitrogen and oxygen atoms in total. The summed E-state index contributed by atoms with van der Waals surface area (Å²) >= 11 is 1.00. The number of carbonyl (C=O) groups is 1. The number of nitrogens with zero attached hydrogens (tertiary/aromatic N) is 2. The van der Waals surface area contributed by atoms with Crippen molar-refractivity contribution in [3.05, 3.63) is 58.4 Å². The molecule has 0 aliphatic rings. The Morgan fingerprint density at radius 2 is 2.00 bits per heavy atom. The standard InChI is InChI=1S/C20H16F2N2O2S/c1-4-9-24-18-16(22)10-14(21)11-17(18)27-20(24)23-19(25)13-5-7-15(8-6-13)26-12(2)3/h1,5-8,10-12H,9H2,2-3H3. The first-order chi connectivity index (χ1) is 12.9. The summed E-state index contributed by atoms with van der Waals surface area (Å²) in [7, 11) is 0. The lowest BCUT2D eigenvalue weighted by molar-refractivity contribution is 0.0998. The van der Waals surface area contributed by atoms with Gasteiger partial charge in [0, 0.05) is 11.6 Å². The molecule has 0 unspecified atom stereocenters. The molecule has 0 N–H and O–H groups in total. The number of carbonyl (C=O) groups excluding carboxylic acids is 1. The van der Waals surface area contributed by atoms with Crippen LogP contribution in [0.4, 0.5) is 8.78 Å². The van der Waals surface area contributed by atoms with Crippen LogP contribution in [-0.2, 0) is 6.54 Å². The van der Waals surface area contributed by atoms with Crippen molar-refractivity contribution in [3.63, 3.8) is 0 Å². The van der Waals surface area contributed by atoms with Crippen molar-refractivity contribution in [3.8, 4) is 18.1 Å². The van der Waals surface area contributed by atoms with Gasteiger partial charge in [-0.1, -0.05) is 17.3 Å². The molecule has 7 heteroatoms. The Hall–Kier alpha value is -2.98. The summed E-state index contributed by atoms with van der Waals surface area (Å²) in [5.74, 6) is 1.09. The fourth-order valence-corrected chi connectivity index (χ4v) is 3.62. The minimum absolute atomic E-state index is 0.00975. The van der Waals surface area contributed by atoms with Crippen LogP contribution in [0.1, 0.15) is 24.2 Å². The van der Waals surface area contributed by atoms with Crippen LogP contribution >= 0.6 is 11.3 Å². The zero-order valence-corrected chi connectivity index (χ0v) is 15.5. The lowest BCUT2D eigenvalue weighted by Crippen LogP contribution is -2.17. The second-order valence-electron chi connectivity index (χ2n) is 6.02. The van der Waals surface area contributed by atoms with E-state index in [9.17, 15) is 13.6 Å². The molecule has 0 fully saturated rings. The molecular formula is C20H16F2N2O2S. The van der Waals surface area contributed by atoms with Crippen molar-refractivity contribution in [2.75, 3.05) is 0 Å². The van der Waals surface area contributed by atoms with Crippen LogP contribution < -0.4 is 9.54 Å². The summed E-state index contributed by atoms with van der Waals surface area (Å²) in [6, 6.07) is 8.53. The van der Waals surface area contributed by atoms with Crippen molar-refractivity contribution < 1.29 is 18.3 Å². The van der Waals surface area contributed by atoms with Gasteiger partial charge in [0.25, 0.3) is 5.91 Å². The van der Waals surface area contributed by atoms with Crippen LogP contribution in [0.3, 0.4) is 0 Å². The SMILES string of the molecule is C#CCn1c(=NC(=O)c2ccc(OC(C)C)cc2)sc2cc(F)cc(F)c21. The van der Waals surface area contributed by atoms with Crippen molar-refractivity contribution in [2.24, 2.45) is 4.99 Å². The lowest BCUT2D eigenvalue weighted by Gasteiger charge is -2.09. The topological polar surface area (TPSA) is 43.6 Å². The summed E-state index contributed by atoms with van der Waals surface area (Å²) in [6.07, 6.45) is 5.38. The minimum Gasteiger partial charge on any atom is -0.491 e. The molecule has 2 aromatic carbocycles. The molecule has 1 amide bonds. The van der Waals surface area contributed by atoms with E-state index in [1.807, 2.05) is 13.8 Å². The first kappa shape index (κ1) is 18.8. The molecule has 27 heavy (non-hydrogen) atoms. The fraction of sp³-hybridized carbons (Fsp3) is 0.200. The molecule has 0 bridgehead atoms. The molecule has 1 heterocycles. The second-order valence-corrected chi connectivity index (χ2v) is 7.03. The van der Waals surface area contributed by atoms with E-state index in [1.165, 1.54) is 10.6 Å². The molecule has 1 aromatic heterocycles. The van der Waals surface area contributed by atoms with Crippen LogP contribution in [0, 0.1) is 24.0 Å². The maximum Gasteiger partial charge on any atom is 0.279 e. The molecule has 0 spiro atoms. The quantitative estimate of drug-likeness (QED) is 0.633. The Balaban J connectivity index is 2.04. The number of amides is 1. The molecule has 3 rings (SSSR count). The molecule has 138 valence electrons. The monoisotopic (exact) mass is 386 g/mol. The zero-order chi connectivity index (χ0) is 19.6. The zero-order valence-electron chi connectivity index (χ0n) is 14.7. The average Bonchev–Trinajstić information content (AvgIpc) is 2.92. The van der Waals surface area contributed by atoms with Gasteiger partial charge in [0.1, 0.15) is 11.6 Å². The summed E-state index contributed by atoms with van der Waals surface area (Å²) in [6.45, 7) is 3.82. The van der Waals surface area contributed by atoms with E-state index >= 15 is 0 Å². The minimum atomic E-state index is -0.749. The van der Waals surface area contributed by atoms with Crippen molar-refractivity contribution in [1.29, 1.82) is 0 Å². The van der Waals surface area contributed by atoms with Gasteiger partial charge < -0.3 is 9.30 Å². The van der Waals surface area contributed by atoms with Crippen molar-refractivity contribution in [1.82, 2.24) is 4.57 Å². The van der Waals surface area contributed by atoms with Gasteiger partial charge in [-0.25, -0.2) is 8.78 Å². The molecule has 0 atom stereocenters. The third kappa shape index (κ3) is 4.07. The highest BCUT2D eigenvalue weighted by molar-refractivity contribution is 7.16. The van der Waals surface area contributed by atoms with Gasteiger partial charge in [0.2, 0.25) is 0 Å². The maximum atomic E-state index is 14.2. The number of fused-ring (bicyclic) bond motifs is 1. The van der Waals surface area contributed by atoms with E-state index in [0.29, 0.717) is 16.0 Å². The molecule has 0 aliphatic heterocycles. The van der Waals surface area contributed by atoms with Gasteiger partial charge in [-0.15, -0.1) is 6.42 Å². The second kappa shape index (κ2) is 7.72. The average molecular weight is 386 g/mol. The van der Waals surface area contributed by atoms with Crippen LogP contribution in [0.25, 0.3) is 10.2 Å². The van der Waals surface area contributed by atoms with Crippen LogP contribution in [0.2, 0.25) is 0 Å². The molecule has 0 radical (unpaired) electrons. The molecule has 0 saturated heterocycles. The van der Waals surface area contributed by atoms with E-state index in [0.717, 1.165) is 17.4 Å². The van der Waals surface area contributed by atoms with Crippen molar-refractivity contribution >= 4 is 27.5 Å². The number of terminal acetylenes is 1. The highest BCUT2D eigenvalue weighted by Crippen LogP contribution is 2.22. The van der Waals surface area contributed by atoms with Crippen LogP contribution in [0.5, 0.6) is 5.75 Å². The number of aromatic nitrogens is 1. The van der Waals surface area contributed by atoms with Gasteiger partial charge in [0.05, 0.1) is 22.9 Å². The predicted octanol–water partition coefficient (Wildman–Crippen LogP) is 4.14. The maximum absolute atomic E-state index is 14.2.